The second-order valence-corrected chi connectivity index (χ2v) is 6.63. The topological polar surface area (TPSA) is 78.0 Å². The maximum absolute atomic E-state index is 13.2. The fourth-order valence-electron chi connectivity index (χ4n) is 3.29. The van der Waals surface area contributed by atoms with E-state index in [1.807, 2.05) is 0 Å². The smallest absolute Gasteiger partial charge is 0.393 e. The number of rotatable bonds is 3. The van der Waals surface area contributed by atoms with Crippen molar-refractivity contribution < 1.29 is 23.1 Å². The van der Waals surface area contributed by atoms with Crippen molar-refractivity contribution in [3.8, 4) is 11.1 Å². The molecular weight excluding hydrogens is 347 g/mol. The van der Waals surface area contributed by atoms with E-state index in [4.69, 9.17) is 0 Å². The van der Waals surface area contributed by atoms with Crippen LogP contribution in [0, 0.1) is 6.92 Å². The molecule has 1 aromatic heterocycles. The number of aromatic nitrogens is 2. The van der Waals surface area contributed by atoms with Gasteiger partial charge in [0.05, 0.1) is 6.10 Å². The van der Waals surface area contributed by atoms with Crippen molar-refractivity contribution >= 4 is 5.91 Å². The maximum Gasteiger partial charge on any atom is 0.435 e. The molecule has 0 aliphatic heterocycles. The van der Waals surface area contributed by atoms with Gasteiger partial charge in [0.25, 0.3) is 5.91 Å². The summed E-state index contributed by atoms with van der Waals surface area (Å²) in [5.41, 5.74) is -0.171. The second kappa shape index (κ2) is 7.11. The molecule has 0 radical (unpaired) electrons. The summed E-state index contributed by atoms with van der Waals surface area (Å²) in [6, 6.07) is 6.07. The number of hydrogen-bond acceptors (Lipinski definition) is 3. The van der Waals surface area contributed by atoms with E-state index in [1.165, 1.54) is 19.1 Å². The molecule has 0 bridgehead atoms. The average Bonchev–Trinajstić information content (AvgIpc) is 2.99. The van der Waals surface area contributed by atoms with E-state index in [0.717, 1.165) is 0 Å². The van der Waals surface area contributed by atoms with Crippen molar-refractivity contribution in [3.63, 3.8) is 0 Å². The average molecular weight is 367 g/mol. The van der Waals surface area contributed by atoms with E-state index in [2.05, 4.69) is 15.5 Å². The van der Waals surface area contributed by atoms with E-state index >= 15 is 0 Å². The minimum atomic E-state index is -4.58. The Morgan fingerprint density at radius 2 is 1.96 bits per heavy atom. The number of nitrogens with zero attached hydrogens (tertiary/aromatic N) is 1. The molecule has 0 spiro atoms. The normalized spacial score (nSPS) is 20.8. The number of halogens is 3. The van der Waals surface area contributed by atoms with Crippen LogP contribution in [0.2, 0.25) is 0 Å². The summed E-state index contributed by atoms with van der Waals surface area (Å²) < 4.78 is 39.5. The number of benzene rings is 1. The van der Waals surface area contributed by atoms with Gasteiger partial charge in [-0.15, -0.1) is 0 Å². The lowest BCUT2D eigenvalue weighted by molar-refractivity contribution is -0.140. The van der Waals surface area contributed by atoms with Gasteiger partial charge in [-0.05, 0) is 50.3 Å². The lowest BCUT2D eigenvalue weighted by Gasteiger charge is -2.26. The lowest BCUT2D eigenvalue weighted by atomic mass is 9.93. The summed E-state index contributed by atoms with van der Waals surface area (Å²) in [5, 5.41) is 18.1. The largest absolute Gasteiger partial charge is 0.435 e. The monoisotopic (exact) mass is 367 g/mol. The van der Waals surface area contributed by atoms with Gasteiger partial charge in [0.2, 0.25) is 0 Å². The van der Waals surface area contributed by atoms with Gasteiger partial charge in [0.1, 0.15) is 0 Å². The third-order valence-electron chi connectivity index (χ3n) is 4.66. The van der Waals surface area contributed by atoms with Crippen LogP contribution in [0.25, 0.3) is 11.1 Å². The first-order valence-corrected chi connectivity index (χ1v) is 8.47. The quantitative estimate of drug-likeness (QED) is 0.778. The minimum Gasteiger partial charge on any atom is -0.393 e. The molecule has 0 saturated heterocycles. The zero-order valence-corrected chi connectivity index (χ0v) is 14.2. The predicted octanol–water partition coefficient (Wildman–Crippen LogP) is 3.44. The van der Waals surface area contributed by atoms with Gasteiger partial charge in [-0.1, -0.05) is 12.1 Å². The number of carbonyl (C=O) groups excluding carboxylic acids is 1. The number of carbonyl (C=O) groups is 1. The van der Waals surface area contributed by atoms with Gasteiger partial charge in [-0.2, -0.15) is 18.3 Å². The lowest BCUT2D eigenvalue weighted by Crippen LogP contribution is -2.38. The Hall–Kier alpha value is -2.35. The SMILES string of the molecule is Cc1[nH]nc(C(F)(F)F)c1-c1cccc(C(=O)NC2CCC(O)CC2)c1. The van der Waals surface area contributed by atoms with Gasteiger partial charge in [0, 0.05) is 22.9 Å². The molecular formula is C18H20F3N3O2. The van der Waals surface area contributed by atoms with Crippen LogP contribution in [0.1, 0.15) is 47.4 Å². The molecule has 3 N–H and O–H groups in total. The Morgan fingerprint density at radius 3 is 2.62 bits per heavy atom. The number of aliphatic hydroxyl groups is 1. The molecule has 8 heteroatoms. The predicted molar refractivity (Wildman–Crippen MR) is 89.5 cm³/mol. The molecule has 26 heavy (non-hydrogen) atoms. The van der Waals surface area contributed by atoms with Crippen LogP contribution in [0.3, 0.4) is 0 Å². The first-order chi connectivity index (χ1) is 12.3. The van der Waals surface area contributed by atoms with Gasteiger partial charge in [-0.25, -0.2) is 0 Å². The maximum atomic E-state index is 13.2. The zero-order chi connectivity index (χ0) is 18.9. The summed E-state index contributed by atoms with van der Waals surface area (Å²) in [4.78, 5) is 12.5. The molecule has 5 nitrogen and oxygen atoms in total. The molecule has 1 amide bonds. The zero-order valence-electron chi connectivity index (χ0n) is 14.2. The Bertz CT molecular complexity index is 793. The molecule has 1 aliphatic rings. The van der Waals surface area contributed by atoms with E-state index in [0.29, 0.717) is 31.2 Å². The van der Waals surface area contributed by atoms with Crippen molar-refractivity contribution in [1.82, 2.24) is 15.5 Å². The number of nitrogens with one attached hydrogen (secondary N) is 2. The summed E-state index contributed by atoms with van der Waals surface area (Å²) >= 11 is 0. The first-order valence-electron chi connectivity index (χ1n) is 8.47. The van der Waals surface area contributed by atoms with Gasteiger partial charge < -0.3 is 10.4 Å². The van der Waals surface area contributed by atoms with Crippen LogP contribution in [0.15, 0.2) is 24.3 Å². The van der Waals surface area contributed by atoms with Gasteiger partial charge in [0.15, 0.2) is 5.69 Å². The highest BCUT2D eigenvalue weighted by Gasteiger charge is 2.38. The summed E-state index contributed by atoms with van der Waals surface area (Å²) in [5.74, 6) is -0.331. The van der Waals surface area contributed by atoms with Crippen molar-refractivity contribution in [3.05, 3.63) is 41.2 Å². The fraction of sp³-hybridized carbons (Fsp3) is 0.444. The van der Waals surface area contributed by atoms with Crippen LogP contribution in [0.4, 0.5) is 13.2 Å². The Labute approximate surface area is 148 Å². The number of amides is 1. The van der Waals surface area contributed by atoms with Crippen LogP contribution in [-0.2, 0) is 6.18 Å². The Balaban J connectivity index is 1.83. The number of alkyl halides is 3. The molecule has 0 unspecified atom stereocenters. The molecule has 0 atom stereocenters. The highest BCUT2D eigenvalue weighted by molar-refractivity contribution is 5.95. The van der Waals surface area contributed by atoms with Crippen molar-refractivity contribution in [2.45, 2.75) is 50.9 Å². The fourth-order valence-corrected chi connectivity index (χ4v) is 3.29. The number of aryl methyl sites for hydroxylation is 1. The molecule has 1 heterocycles. The minimum absolute atomic E-state index is 0.0315. The van der Waals surface area contributed by atoms with Gasteiger partial charge >= 0.3 is 6.18 Å². The molecule has 1 aliphatic carbocycles. The second-order valence-electron chi connectivity index (χ2n) is 6.63. The van der Waals surface area contributed by atoms with E-state index < -0.39 is 11.9 Å². The van der Waals surface area contributed by atoms with E-state index in [-0.39, 0.29) is 34.9 Å². The number of hydrogen-bond donors (Lipinski definition) is 3. The highest BCUT2D eigenvalue weighted by Crippen LogP contribution is 2.37. The summed E-state index contributed by atoms with van der Waals surface area (Å²) in [6.45, 7) is 1.51. The Kier molecular flexibility index (Phi) is 5.04. The summed E-state index contributed by atoms with van der Waals surface area (Å²) in [6.07, 6.45) is -2.27. The molecule has 140 valence electrons. The molecule has 2 aromatic rings. The third kappa shape index (κ3) is 3.90. The van der Waals surface area contributed by atoms with Crippen LogP contribution < -0.4 is 5.32 Å². The number of aromatic amines is 1. The van der Waals surface area contributed by atoms with Gasteiger partial charge in [-0.3, -0.25) is 9.89 Å². The standard InChI is InChI=1S/C18H20F3N3O2/c1-10-15(16(24-23-10)18(19,20)21)11-3-2-4-12(9-11)17(26)22-13-5-7-14(25)8-6-13/h2-4,9,13-14,25H,5-8H2,1H3,(H,22,26)(H,23,24). The molecule has 1 fully saturated rings. The Morgan fingerprint density at radius 1 is 1.27 bits per heavy atom. The van der Waals surface area contributed by atoms with E-state index in [1.54, 1.807) is 12.1 Å². The number of aliphatic hydroxyl groups excluding tert-OH is 1. The molecule has 1 saturated carbocycles. The number of H-pyrrole nitrogens is 1. The summed E-state index contributed by atoms with van der Waals surface area (Å²) in [7, 11) is 0. The first kappa shape index (κ1) is 18.4. The van der Waals surface area contributed by atoms with Crippen molar-refractivity contribution in [1.29, 1.82) is 0 Å². The third-order valence-corrected chi connectivity index (χ3v) is 4.66. The van der Waals surface area contributed by atoms with Crippen LogP contribution in [0.5, 0.6) is 0 Å². The molecule has 1 aromatic carbocycles. The van der Waals surface area contributed by atoms with Crippen LogP contribution >= 0.6 is 0 Å². The highest BCUT2D eigenvalue weighted by atomic mass is 19.4. The van der Waals surface area contributed by atoms with Crippen LogP contribution in [-0.4, -0.2) is 33.4 Å². The van der Waals surface area contributed by atoms with Crippen molar-refractivity contribution in [2.24, 2.45) is 0 Å². The molecule has 3 rings (SSSR count). The van der Waals surface area contributed by atoms with Crippen molar-refractivity contribution in [2.75, 3.05) is 0 Å². The van der Waals surface area contributed by atoms with E-state index in [9.17, 15) is 23.1 Å².